The lowest BCUT2D eigenvalue weighted by Gasteiger charge is -2.11. The van der Waals surface area contributed by atoms with Crippen LogP contribution < -0.4 is 4.74 Å². The second-order valence-electron chi connectivity index (χ2n) is 8.46. The first kappa shape index (κ1) is 26.2. The van der Waals surface area contributed by atoms with Crippen molar-refractivity contribution in [2.24, 2.45) is 10.2 Å². The number of hydrogen-bond donors (Lipinski definition) is 3. The van der Waals surface area contributed by atoms with Crippen LogP contribution in [0.1, 0.15) is 5.56 Å². The molecule has 5 rings (SSSR count). The number of nitrogens with zero attached hydrogens (tertiary/aromatic N) is 3. The van der Waals surface area contributed by atoms with Crippen molar-refractivity contribution < 1.29 is 42.4 Å². The summed E-state index contributed by atoms with van der Waals surface area (Å²) in [5.74, 6) is -2.08. The van der Waals surface area contributed by atoms with Crippen LogP contribution in [0, 0.1) is 5.82 Å². The van der Waals surface area contributed by atoms with E-state index in [1.54, 1.807) is 36.4 Å². The van der Waals surface area contributed by atoms with E-state index in [0.29, 0.717) is 23.1 Å². The highest BCUT2D eigenvalue weighted by Gasteiger charge is 2.32. The number of hydrogen-bond acceptors (Lipinski definition) is 6. The lowest BCUT2D eigenvalue weighted by atomic mass is 10.0. The Kier molecular flexibility index (Phi) is 6.59. The van der Waals surface area contributed by atoms with Gasteiger partial charge >= 0.3 is 12.3 Å². The molecule has 0 bridgehead atoms. The Hall–Kier alpha value is -5.39. The molecule has 202 valence electrons. The first-order valence-corrected chi connectivity index (χ1v) is 11.5. The largest absolute Gasteiger partial charge is 0.511 e. The summed E-state index contributed by atoms with van der Waals surface area (Å²) in [6, 6.07) is 18.8. The number of aromatic nitrogens is 1. The summed E-state index contributed by atoms with van der Waals surface area (Å²) >= 11 is 0. The molecule has 0 unspecified atom stereocenters. The van der Waals surface area contributed by atoms with Crippen LogP contribution in [0.2, 0.25) is 0 Å². The maximum Gasteiger partial charge on any atom is 0.511 e. The molecule has 0 aliphatic heterocycles. The van der Waals surface area contributed by atoms with Crippen molar-refractivity contribution in [1.82, 2.24) is 4.57 Å². The van der Waals surface area contributed by atoms with Gasteiger partial charge in [-0.3, -0.25) is 4.57 Å². The van der Waals surface area contributed by atoms with E-state index in [-0.39, 0.29) is 39.6 Å². The third-order valence-corrected chi connectivity index (χ3v) is 5.96. The van der Waals surface area contributed by atoms with Gasteiger partial charge in [0.15, 0.2) is 11.4 Å². The molecule has 0 fully saturated rings. The first-order valence-electron chi connectivity index (χ1n) is 11.5. The third-order valence-electron chi connectivity index (χ3n) is 5.96. The smallest absolute Gasteiger partial charge is 0.505 e. The van der Waals surface area contributed by atoms with E-state index in [0.717, 1.165) is 10.6 Å². The average Bonchev–Trinajstić information content (AvgIpc) is 3.18. The first-order chi connectivity index (χ1) is 19.0. The second kappa shape index (κ2) is 10.1. The Bertz CT molecular complexity index is 1800. The fourth-order valence-corrected chi connectivity index (χ4v) is 4.19. The molecule has 4 aromatic carbocycles. The average molecular weight is 551 g/mol. The maximum absolute atomic E-state index is 14.8. The van der Waals surface area contributed by atoms with Gasteiger partial charge in [0.05, 0.1) is 16.8 Å². The van der Waals surface area contributed by atoms with Crippen LogP contribution in [0.5, 0.6) is 17.4 Å². The van der Waals surface area contributed by atoms with Crippen LogP contribution in [0.4, 0.5) is 33.7 Å². The molecule has 1 aromatic heterocycles. The summed E-state index contributed by atoms with van der Waals surface area (Å²) in [6.07, 6.45) is -6.25. The number of fused-ring (bicyclic) bond motifs is 1. The molecule has 0 amide bonds. The lowest BCUT2D eigenvalue weighted by molar-refractivity contribution is -0.137. The topological polar surface area (TPSA) is 117 Å². The number of rotatable bonds is 5. The lowest BCUT2D eigenvalue weighted by Crippen LogP contribution is -2.07. The molecule has 0 aliphatic rings. The highest BCUT2D eigenvalue weighted by atomic mass is 19.4. The number of phenolic OH excluding ortho intramolecular Hbond substituents is 1. The number of carboxylic acid groups (broad SMARTS) is 1. The van der Waals surface area contributed by atoms with E-state index in [4.69, 9.17) is 5.11 Å². The minimum atomic E-state index is -4.75. The van der Waals surface area contributed by atoms with Gasteiger partial charge in [-0.05, 0) is 48.0 Å². The van der Waals surface area contributed by atoms with E-state index in [2.05, 4.69) is 15.0 Å². The number of ether oxygens (including phenoxy) is 1. The second-order valence-corrected chi connectivity index (χ2v) is 8.46. The Balaban J connectivity index is 1.57. The van der Waals surface area contributed by atoms with Crippen LogP contribution in [-0.2, 0) is 6.18 Å². The summed E-state index contributed by atoms with van der Waals surface area (Å²) in [6.45, 7) is 0. The van der Waals surface area contributed by atoms with Gasteiger partial charge in [-0.1, -0.05) is 42.5 Å². The Morgan fingerprint density at radius 1 is 0.875 bits per heavy atom. The Morgan fingerprint density at radius 3 is 2.35 bits per heavy atom. The van der Waals surface area contributed by atoms with Gasteiger partial charge in [0.1, 0.15) is 17.3 Å². The standard InChI is InChI=1S/C28H17F4N3O5/c29-20-14-16(28(30,31)32)11-12-23(20)35-22-10-2-1-7-19(22)24(26(35)37)34-33-21-9-4-8-18(25(21)36)15-5-3-6-17(13-15)40-27(38)39/h1-14,36-37H,(H,38,39). The number of aromatic hydroxyl groups is 2. The summed E-state index contributed by atoms with van der Waals surface area (Å²) in [4.78, 5) is 10.9. The molecule has 0 saturated heterocycles. The molecule has 0 saturated carbocycles. The zero-order valence-corrected chi connectivity index (χ0v) is 20.1. The van der Waals surface area contributed by atoms with Crippen molar-refractivity contribution in [3.8, 4) is 34.2 Å². The number of alkyl halides is 3. The van der Waals surface area contributed by atoms with E-state index in [1.165, 1.54) is 30.3 Å². The molecule has 0 aliphatic carbocycles. The predicted molar refractivity (Wildman–Crippen MR) is 136 cm³/mol. The molecule has 5 aromatic rings. The molecular formula is C28H17F4N3O5. The monoisotopic (exact) mass is 551 g/mol. The summed E-state index contributed by atoms with van der Waals surface area (Å²) < 4.78 is 59.6. The molecule has 40 heavy (non-hydrogen) atoms. The highest BCUT2D eigenvalue weighted by molar-refractivity contribution is 5.96. The molecule has 1 heterocycles. The molecule has 0 radical (unpaired) electrons. The van der Waals surface area contributed by atoms with Gasteiger partial charge in [0.2, 0.25) is 5.88 Å². The quantitative estimate of drug-likeness (QED) is 0.0879. The number of phenols is 1. The van der Waals surface area contributed by atoms with Crippen LogP contribution in [0.3, 0.4) is 0 Å². The number of halogens is 4. The van der Waals surface area contributed by atoms with Gasteiger partial charge in [0.25, 0.3) is 0 Å². The zero-order chi connectivity index (χ0) is 28.6. The fourth-order valence-electron chi connectivity index (χ4n) is 4.19. The van der Waals surface area contributed by atoms with Crippen LogP contribution in [0.25, 0.3) is 27.7 Å². The van der Waals surface area contributed by atoms with Crippen LogP contribution >= 0.6 is 0 Å². The minimum Gasteiger partial charge on any atom is -0.505 e. The SMILES string of the molecule is O=C(O)Oc1cccc(-c2cccc(N=Nc3c(O)n(-c4ccc(C(F)(F)F)cc4F)c4ccccc34)c2O)c1. The van der Waals surface area contributed by atoms with E-state index in [1.807, 2.05) is 0 Å². The fraction of sp³-hybridized carbons (Fsp3) is 0.0357. The number of azo groups is 1. The maximum atomic E-state index is 14.8. The van der Waals surface area contributed by atoms with Crippen molar-refractivity contribution in [3.05, 3.63) is 96.3 Å². The van der Waals surface area contributed by atoms with E-state index < -0.39 is 29.6 Å². The Morgan fingerprint density at radius 2 is 1.62 bits per heavy atom. The van der Waals surface area contributed by atoms with Crippen molar-refractivity contribution in [1.29, 1.82) is 0 Å². The van der Waals surface area contributed by atoms with E-state index in [9.17, 15) is 32.6 Å². The number of carbonyl (C=O) groups is 1. The molecule has 8 nitrogen and oxygen atoms in total. The number of benzene rings is 4. The van der Waals surface area contributed by atoms with E-state index >= 15 is 0 Å². The molecule has 3 N–H and O–H groups in total. The zero-order valence-electron chi connectivity index (χ0n) is 20.1. The Labute approximate surface area is 222 Å². The van der Waals surface area contributed by atoms with Gasteiger partial charge < -0.3 is 20.1 Å². The molecule has 0 spiro atoms. The summed E-state index contributed by atoms with van der Waals surface area (Å²) in [7, 11) is 0. The summed E-state index contributed by atoms with van der Waals surface area (Å²) in [5, 5.41) is 39.2. The molecular weight excluding hydrogens is 534 g/mol. The van der Waals surface area contributed by atoms with Crippen molar-refractivity contribution >= 4 is 28.4 Å². The molecule has 0 atom stereocenters. The summed E-state index contributed by atoms with van der Waals surface area (Å²) in [5.41, 5.74) is -0.691. The minimum absolute atomic E-state index is 0.0148. The normalized spacial score (nSPS) is 11.8. The highest BCUT2D eigenvalue weighted by Crippen LogP contribution is 2.44. The van der Waals surface area contributed by atoms with Gasteiger partial charge in [-0.25, -0.2) is 9.18 Å². The van der Waals surface area contributed by atoms with Crippen LogP contribution in [-0.4, -0.2) is 26.0 Å². The van der Waals surface area contributed by atoms with Crippen LogP contribution in [0.15, 0.2) is 95.2 Å². The van der Waals surface area contributed by atoms with Gasteiger partial charge in [0, 0.05) is 10.9 Å². The van der Waals surface area contributed by atoms with Crippen molar-refractivity contribution in [2.45, 2.75) is 6.18 Å². The number of para-hydroxylation sites is 2. The van der Waals surface area contributed by atoms with Gasteiger partial charge in [-0.15, -0.1) is 10.2 Å². The predicted octanol–water partition coefficient (Wildman–Crippen LogP) is 8.34. The molecule has 12 heteroatoms. The van der Waals surface area contributed by atoms with Crippen molar-refractivity contribution in [2.75, 3.05) is 0 Å². The third kappa shape index (κ3) is 4.89. The van der Waals surface area contributed by atoms with Crippen molar-refractivity contribution in [3.63, 3.8) is 0 Å². The van der Waals surface area contributed by atoms with Gasteiger partial charge in [-0.2, -0.15) is 13.2 Å².